The fourth-order valence-electron chi connectivity index (χ4n) is 0.972. The van der Waals surface area contributed by atoms with Crippen molar-refractivity contribution in [2.45, 2.75) is 53.8 Å². The molecule has 0 radical (unpaired) electrons. The van der Waals surface area contributed by atoms with Crippen LogP contribution >= 0.6 is 0 Å². The van der Waals surface area contributed by atoms with Gasteiger partial charge in [-0.15, -0.1) is 0 Å². The molecule has 2 nitrogen and oxygen atoms in total. The van der Waals surface area contributed by atoms with Gasteiger partial charge in [-0.3, -0.25) is 0 Å². The molecule has 0 aliphatic rings. The van der Waals surface area contributed by atoms with E-state index in [1.54, 1.807) is 0 Å². The Morgan fingerprint density at radius 1 is 0.857 bits per heavy atom. The molecule has 0 fully saturated rings. The van der Waals surface area contributed by atoms with Crippen molar-refractivity contribution in [2.75, 3.05) is 0 Å². The zero-order valence-electron chi connectivity index (χ0n) is 10.3. The van der Waals surface area contributed by atoms with Gasteiger partial charge in [0.2, 0.25) is 0 Å². The van der Waals surface area contributed by atoms with Gasteiger partial charge in [0.1, 0.15) is 0 Å². The fraction of sp³-hybridized carbons (Fsp3) is 0.818. The van der Waals surface area contributed by atoms with Gasteiger partial charge in [-0.2, -0.15) is 0 Å². The Balaban J connectivity index is 4.10. The van der Waals surface area contributed by atoms with Crippen LogP contribution in [-0.2, 0) is 9.31 Å². The van der Waals surface area contributed by atoms with Crippen molar-refractivity contribution < 1.29 is 9.31 Å². The minimum Gasteiger partial charge on any atom is -0.405 e. The molecule has 0 rings (SSSR count). The van der Waals surface area contributed by atoms with Gasteiger partial charge in [-0.1, -0.05) is 25.9 Å². The average molecular weight is 198 g/mol. The predicted octanol–water partition coefficient (Wildman–Crippen LogP) is 3.08. The molecule has 0 aliphatic heterocycles. The largest absolute Gasteiger partial charge is 0.486 e. The van der Waals surface area contributed by atoms with Crippen LogP contribution in [0.15, 0.2) is 12.1 Å². The lowest BCUT2D eigenvalue weighted by Gasteiger charge is -2.16. The van der Waals surface area contributed by atoms with Crippen molar-refractivity contribution in [1.82, 2.24) is 0 Å². The quantitative estimate of drug-likeness (QED) is 0.610. The lowest BCUT2D eigenvalue weighted by Crippen LogP contribution is -2.27. The van der Waals surface area contributed by atoms with Gasteiger partial charge >= 0.3 is 7.12 Å². The van der Waals surface area contributed by atoms with Crippen molar-refractivity contribution >= 4 is 7.12 Å². The van der Waals surface area contributed by atoms with E-state index in [1.807, 2.05) is 33.7 Å². The molecule has 0 aromatic rings. The summed E-state index contributed by atoms with van der Waals surface area (Å²) in [5.41, 5.74) is 0. The Morgan fingerprint density at radius 3 is 1.57 bits per heavy atom. The number of rotatable bonds is 6. The van der Waals surface area contributed by atoms with E-state index in [0.29, 0.717) is 5.92 Å². The summed E-state index contributed by atoms with van der Waals surface area (Å²) < 4.78 is 11.2. The number of allylic oxidation sites excluding steroid dienone is 1. The third-order valence-corrected chi connectivity index (χ3v) is 1.47. The molecule has 0 heterocycles. The van der Waals surface area contributed by atoms with E-state index < -0.39 is 0 Å². The van der Waals surface area contributed by atoms with Gasteiger partial charge in [-0.05, 0) is 33.6 Å². The first-order chi connectivity index (χ1) is 6.41. The minimum absolute atomic E-state index is 0.190. The van der Waals surface area contributed by atoms with Crippen LogP contribution in [0.2, 0.25) is 0 Å². The highest BCUT2D eigenvalue weighted by Crippen LogP contribution is 2.03. The molecule has 0 aromatic carbocycles. The highest BCUT2D eigenvalue weighted by Gasteiger charge is 2.17. The van der Waals surface area contributed by atoms with Crippen molar-refractivity contribution in [3.05, 3.63) is 12.1 Å². The molecule has 0 N–H and O–H groups in total. The molecular weight excluding hydrogens is 175 g/mol. The van der Waals surface area contributed by atoms with E-state index in [0.717, 1.165) is 0 Å². The Kier molecular flexibility index (Phi) is 6.94. The smallest absolute Gasteiger partial charge is 0.405 e. The normalized spacial score (nSPS) is 12.4. The van der Waals surface area contributed by atoms with E-state index in [-0.39, 0.29) is 19.3 Å². The lowest BCUT2D eigenvalue weighted by molar-refractivity contribution is 0.138. The maximum atomic E-state index is 5.60. The van der Waals surface area contributed by atoms with Crippen LogP contribution in [0.3, 0.4) is 0 Å². The van der Waals surface area contributed by atoms with Gasteiger partial charge in [0.05, 0.1) is 0 Å². The summed E-state index contributed by atoms with van der Waals surface area (Å²) in [7, 11) is -0.211. The lowest BCUT2D eigenvalue weighted by atomic mass is 9.87. The van der Waals surface area contributed by atoms with E-state index >= 15 is 0 Å². The van der Waals surface area contributed by atoms with E-state index in [4.69, 9.17) is 9.31 Å². The highest BCUT2D eigenvalue weighted by molar-refractivity contribution is 6.50. The maximum absolute atomic E-state index is 5.60. The molecule has 0 spiro atoms. The van der Waals surface area contributed by atoms with Crippen LogP contribution < -0.4 is 0 Å². The Hall–Kier alpha value is -0.275. The summed E-state index contributed by atoms with van der Waals surface area (Å²) in [4.78, 5) is 0. The minimum atomic E-state index is -0.211. The molecule has 82 valence electrons. The summed E-state index contributed by atoms with van der Waals surface area (Å²) in [6.45, 7) is 12.3. The monoisotopic (exact) mass is 198 g/mol. The average Bonchev–Trinajstić information content (AvgIpc) is 1.97. The highest BCUT2D eigenvalue weighted by atomic mass is 16.6. The summed E-state index contributed by atoms with van der Waals surface area (Å²) in [5.74, 6) is 2.52. The van der Waals surface area contributed by atoms with Gasteiger partial charge in [-0.25, -0.2) is 0 Å². The molecule has 0 bridgehead atoms. The second kappa shape index (κ2) is 7.07. The Labute approximate surface area is 88.8 Å². The Bertz CT molecular complexity index is 155. The van der Waals surface area contributed by atoms with Crippen molar-refractivity contribution in [3.63, 3.8) is 0 Å². The first kappa shape index (κ1) is 13.7. The molecule has 14 heavy (non-hydrogen) atoms. The molecule has 0 amide bonds. The molecule has 3 heteroatoms. The van der Waals surface area contributed by atoms with Gasteiger partial charge in [0.15, 0.2) is 0 Å². The SMILES string of the molecule is CC(C)/C=C\B(OC(C)C)OC(C)C. The first-order valence-electron chi connectivity index (χ1n) is 5.41. The molecule has 0 aromatic heterocycles. The second-order valence-electron chi connectivity index (χ2n) is 4.37. The van der Waals surface area contributed by atoms with Crippen LogP contribution in [0.4, 0.5) is 0 Å². The standard InChI is InChI=1S/C11H23BO2/c1-9(2)7-8-12(13-10(3)4)14-11(5)6/h7-11H,1-6H3/b8-7-. The zero-order valence-corrected chi connectivity index (χ0v) is 10.3. The fourth-order valence-corrected chi connectivity index (χ4v) is 0.972. The second-order valence-corrected chi connectivity index (χ2v) is 4.37. The summed E-state index contributed by atoms with van der Waals surface area (Å²) >= 11 is 0. The van der Waals surface area contributed by atoms with Gasteiger partial charge in [0, 0.05) is 12.2 Å². The molecule has 0 aliphatic carbocycles. The summed E-state index contributed by atoms with van der Waals surface area (Å²) in [6, 6.07) is 0. The van der Waals surface area contributed by atoms with Crippen molar-refractivity contribution in [3.8, 4) is 0 Å². The van der Waals surface area contributed by atoms with Crippen molar-refractivity contribution in [2.24, 2.45) is 5.92 Å². The van der Waals surface area contributed by atoms with Crippen LogP contribution in [0.25, 0.3) is 0 Å². The predicted molar refractivity (Wildman–Crippen MR) is 62.2 cm³/mol. The van der Waals surface area contributed by atoms with Crippen LogP contribution in [0, 0.1) is 5.92 Å². The van der Waals surface area contributed by atoms with Crippen LogP contribution in [0.5, 0.6) is 0 Å². The van der Waals surface area contributed by atoms with Crippen molar-refractivity contribution in [1.29, 1.82) is 0 Å². The van der Waals surface area contributed by atoms with Crippen LogP contribution in [0.1, 0.15) is 41.5 Å². The summed E-state index contributed by atoms with van der Waals surface area (Å²) in [6.07, 6.45) is 2.49. The van der Waals surface area contributed by atoms with E-state index in [9.17, 15) is 0 Å². The van der Waals surface area contributed by atoms with E-state index in [2.05, 4.69) is 19.9 Å². The summed E-state index contributed by atoms with van der Waals surface area (Å²) in [5, 5.41) is 0. The zero-order chi connectivity index (χ0) is 11.1. The third kappa shape index (κ3) is 8.33. The number of hydrogen-bond acceptors (Lipinski definition) is 2. The molecule has 0 unspecified atom stereocenters. The molecule has 0 saturated heterocycles. The molecule has 0 atom stereocenters. The third-order valence-electron chi connectivity index (χ3n) is 1.47. The van der Waals surface area contributed by atoms with Gasteiger partial charge in [0.25, 0.3) is 0 Å². The molecular formula is C11H23BO2. The maximum Gasteiger partial charge on any atom is 0.486 e. The Morgan fingerprint density at radius 2 is 1.29 bits per heavy atom. The van der Waals surface area contributed by atoms with Crippen LogP contribution in [-0.4, -0.2) is 19.3 Å². The van der Waals surface area contributed by atoms with Gasteiger partial charge < -0.3 is 9.31 Å². The first-order valence-corrected chi connectivity index (χ1v) is 5.41. The molecule has 0 saturated carbocycles. The topological polar surface area (TPSA) is 18.5 Å². The number of hydrogen-bond donors (Lipinski definition) is 0. The van der Waals surface area contributed by atoms with E-state index in [1.165, 1.54) is 0 Å².